The number of aliphatic hydroxyl groups excluding tert-OH is 1. The molecule has 6 rings (SSSR count). The van der Waals surface area contributed by atoms with Crippen LogP contribution in [0.2, 0.25) is 0 Å². The topological polar surface area (TPSA) is 68.8 Å². The molecule has 4 aliphatic rings. The molecule has 1 aliphatic carbocycles. The molecule has 4 heterocycles. The van der Waals surface area contributed by atoms with Crippen LogP contribution in [0.5, 0.6) is 0 Å². The number of piperidine rings is 1. The third-order valence-electron chi connectivity index (χ3n) is 8.45. The molecule has 6 heteroatoms. The molecule has 1 aromatic carbocycles. The highest BCUT2D eigenvalue weighted by Gasteiger charge is 2.50. The van der Waals surface area contributed by atoms with E-state index in [0.29, 0.717) is 18.4 Å². The number of rotatable bonds is 2. The molecule has 0 radical (unpaired) electrons. The fraction of sp³-hybridized carbons (Fsp3) is 0.640. The van der Waals surface area contributed by atoms with Gasteiger partial charge in [-0.05, 0) is 62.6 Å². The van der Waals surface area contributed by atoms with Gasteiger partial charge in [-0.1, -0.05) is 18.2 Å². The van der Waals surface area contributed by atoms with Crippen molar-refractivity contribution >= 4 is 16.9 Å². The molecular weight excluding hydrogens is 390 g/mol. The molecule has 31 heavy (non-hydrogen) atoms. The summed E-state index contributed by atoms with van der Waals surface area (Å²) in [5.41, 5.74) is 3.98. The van der Waals surface area contributed by atoms with Gasteiger partial charge >= 0.3 is 5.97 Å². The van der Waals surface area contributed by atoms with Crippen molar-refractivity contribution in [1.29, 1.82) is 0 Å². The molecule has 166 valence electrons. The van der Waals surface area contributed by atoms with E-state index in [1.807, 2.05) is 0 Å². The highest BCUT2D eigenvalue weighted by molar-refractivity contribution is 5.85. The molecule has 6 atom stereocenters. The van der Waals surface area contributed by atoms with Crippen LogP contribution in [0.3, 0.4) is 0 Å². The summed E-state index contributed by atoms with van der Waals surface area (Å²) in [6, 6.07) is 8.88. The summed E-state index contributed by atoms with van der Waals surface area (Å²) in [7, 11) is 2.07. The van der Waals surface area contributed by atoms with Crippen molar-refractivity contribution in [2.45, 2.75) is 50.4 Å². The Bertz CT molecular complexity index is 988. The number of nitrogens with zero attached hydrogens (tertiary/aromatic N) is 2. The number of H-pyrrole nitrogens is 1. The molecule has 0 spiro atoms. The summed E-state index contributed by atoms with van der Waals surface area (Å²) in [5, 5.41) is 12.2. The molecule has 6 nitrogen and oxygen atoms in total. The first-order valence-electron chi connectivity index (χ1n) is 12.0. The maximum absolute atomic E-state index is 13.3. The molecule has 3 aliphatic heterocycles. The van der Waals surface area contributed by atoms with E-state index in [1.165, 1.54) is 22.2 Å². The largest absolute Gasteiger partial charge is 0.461 e. The number of aromatic nitrogens is 1. The summed E-state index contributed by atoms with van der Waals surface area (Å²) < 4.78 is 5.93. The number of nitrogens with one attached hydrogen (secondary N) is 1. The summed E-state index contributed by atoms with van der Waals surface area (Å²) in [6.45, 7) is 3.87. The van der Waals surface area contributed by atoms with Crippen LogP contribution in [0, 0.1) is 17.8 Å². The van der Waals surface area contributed by atoms with Crippen LogP contribution >= 0.6 is 0 Å². The zero-order chi connectivity index (χ0) is 21.1. The molecule has 2 aromatic rings. The van der Waals surface area contributed by atoms with Gasteiger partial charge in [0.05, 0.1) is 18.1 Å². The predicted octanol–water partition coefficient (Wildman–Crippen LogP) is 2.72. The number of carbonyl (C=O) groups is 1. The number of esters is 1. The Morgan fingerprint density at radius 2 is 2.03 bits per heavy atom. The van der Waals surface area contributed by atoms with E-state index in [-0.39, 0.29) is 23.9 Å². The van der Waals surface area contributed by atoms with Crippen molar-refractivity contribution in [3.8, 4) is 0 Å². The van der Waals surface area contributed by atoms with Gasteiger partial charge in [-0.25, -0.2) is 0 Å². The van der Waals surface area contributed by atoms with Crippen LogP contribution < -0.4 is 0 Å². The third-order valence-corrected chi connectivity index (χ3v) is 8.45. The lowest BCUT2D eigenvalue weighted by atomic mass is 9.65. The average molecular weight is 424 g/mol. The summed E-state index contributed by atoms with van der Waals surface area (Å²) in [4.78, 5) is 21.8. The van der Waals surface area contributed by atoms with Gasteiger partial charge in [0, 0.05) is 42.8 Å². The predicted molar refractivity (Wildman–Crippen MR) is 119 cm³/mol. The maximum Gasteiger partial charge on any atom is 0.312 e. The van der Waals surface area contributed by atoms with Crippen molar-refractivity contribution in [2.75, 3.05) is 33.2 Å². The SMILES string of the molecule is CN1CC[C@H](OC(=O)[C@@H]2[C@H]3C[C@H]4c5[nH]c6ccccc6c5CCN4C[C@@H]3CC[C@@H]2O)C1. The van der Waals surface area contributed by atoms with Crippen LogP contribution in [0.15, 0.2) is 24.3 Å². The first-order valence-corrected chi connectivity index (χ1v) is 12.0. The Labute approximate surface area is 183 Å². The zero-order valence-electron chi connectivity index (χ0n) is 18.3. The lowest BCUT2D eigenvalue weighted by Crippen LogP contribution is -2.53. The molecule has 0 bridgehead atoms. The number of para-hydroxylation sites is 1. The van der Waals surface area contributed by atoms with E-state index in [4.69, 9.17) is 4.74 Å². The number of hydrogen-bond donors (Lipinski definition) is 2. The van der Waals surface area contributed by atoms with Crippen LogP contribution in [-0.4, -0.2) is 71.3 Å². The van der Waals surface area contributed by atoms with E-state index in [1.54, 1.807) is 0 Å². The second-order valence-electron chi connectivity index (χ2n) is 10.3. The lowest BCUT2D eigenvalue weighted by molar-refractivity contribution is -0.168. The van der Waals surface area contributed by atoms with Gasteiger partial charge < -0.3 is 19.7 Å². The normalized spacial score (nSPS) is 36.1. The number of carbonyl (C=O) groups excluding carboxylic acids is 1. The highest BCUT2D eigenvalue weighted by Crippen LogP contribution is 2.49. The smallest absolute Gasteiger partial charge is 0.312 e. The van der Waals surface area contributed by atoms with Crippen LogP contribution in [-0.2, 0) is 16.0 Å². The molecule has 1 aromatic heterocycles. The Morgan fingerprint density at radius 1 is 1.16 bits per heavy atom. The van der Waals surface area contributed by atoms with Crippen molar-refractivity contribution in [2.24, 2.45) is 17.8 Å². The number of aromatic amines is 1. The van der Waals surface area contributed by atoms with Gasteiger partial charge in [0.2, 0.25) is 0 Å². The summed E-state index contributed by atoms with van der Waals surface area (Å²) >= 11 is 0. The van der Waals surface area contributed by atoms with E-state index in [9.17, 15) is 9.90 Å². The Hall–Kier alpha value is -1.89. The monoisotopic (exact) mass is 423 g/mol. The first-order chi connectivity index (χ1) is 15.1. The van der Waals surface area contributed by atoms with Gasteiger partial charge in [0.15, 0.2) is 0 Å². The molecule has 2 N–H and O–H groups in total. The minimum atomic E-state index is -0.579. The minimum absolute atomic E-state index is 0.0276. The molecular formula is C25H33N3O3. The van der Waals surface area contributed by atoms with Crippen LogP contribution in [0.4, 0.5) is 0 Å². The fourth-order valence-electron chi connectivity index (χ4n) is 6.90. The maximum atomic E-state index is 13.3. The lowest BCUT2D eigenvalue weighted by Gasteiger charge is -2.51. The number of fused-ring (bicyclic) bond motifs is 6. The number of likely N-dealkylation sites (tertiary alicyclic amines) is 1. The number of benzene rings is 1. The first kappa shape index (κ1) is 19.8. The number of aliphatic hydroxyl groups is 1. The van der Waals surface area contributed by atoms with Crippen molar-refractivity contribution in [3.05, 3.63) is 35.5 Å². The standard InChI is InChI=1S/C25H33N3O3/c1-27-10-8-16(14-27)31-25(30)23-19-12-21-24-18(17-4-2-3-5-20(17)26-24)9-11-28(21)13-15(19)6-7-22(23)29/h2-5,15-16,19,21-23,26,29H,6-14H2,1H3/t15-,16-,19-,21-,22-,23+/m0/s1. The number of ether oxygens (including phenoxy) is 1. The van der Waals surface area contributed by atoms with E-state index in [2.05, 4.69) is 46.1 Å². The van der Waals surface area contributed by atoms with Crippen LogP contribution in [0.25, 0.3) is 10.9 Å². The Balaban J connectivity index is 1.28. The van der Waals surface area contributed by atoms with Gasteiger partial charge in [0.25, 0.3) is 0 Å². The van der Waals surface area contributed by atoms with Crippen LogP contribution in [0.1, 0.15) is 43.0 Å². The zero-order valence-corrected chi connectivity index (χ0v) is 18.3. The van der Waals surface area contributed by atoms with Gasteiger partial charge in [-0.15, -0.1) is 0 Å². The third kappa shape index (κ3) is 3.31. The van der Waals surface area contributed by atoms with Crippen molar-refractivity contribution < 1.29 is 14.6 Å². The fourth-order valence-corrected chi connectivity index (χ4v) is 6.90. The summed E-state index contributed by atoms with van der Waals surface area (Å²) in [5.74, 6) is 0.105. The van der Waals surface area contributed by atoms with Crippen molar-refractivity contribution in [3.63, 3.8) is 0 Å². The van der Waals surface area contributed by atoms with Gasteiger partial charge in [-0.2, -0.15) is 0 Å². The minimum Gasteiger partial charge on any atom is -0.461 e. The quantitative estimate of drug-likeness (QED) is 0.727. The van der Waals surface area contributed by atoms with E-state index in [0.717, 1.165) is 51.9 Å². The van der Waals surface area contributed by atoms with Gasteiger partial charge in [-0.3, -0.25) is 9.69 Å². The highest BCUT2D eigenvalue weighted by atomic mass is 16.5. The molecule has 0 amide bonds. The Morgan fingerprint density at radius 3 is 2.87 bits per heavy atom. The molecule has 2 saturated heterocycles. The van der Waals surface area contributed by atoms with E-state index >= 15 is 0 Å². The Kier molecular flexibility index (Phi) is 4.85. The molecule has 0 unspecified atom stereocenters. The average Bonchev–Trinajstić information content (AvgIpc) is 3.35. The summed E-state index contributed by atoms with van der Waals surface area (Å²) in [6.07, 6.45) is 4.01. The number of hydrogen-bond acceptors (Lipinski definition) is 5. The molecule has 3 fully saturated rings. The van der Waals surface area contributed by atoms with Gasteiger partial charge in [0.1, 0.15) is 6.10 Å². The van der Waals surface area contributed by atoms with Crippen molar-refractivity contribution in [1.82, 2.24) is 14.8 Å². The second kappa shape index (κ2) is 7.61. The number of likely N-dealkylation sites (N-methyl/N-ethyl adjacent to an activating group) is 1. The molecule has 1 saturated carbocycles. The van der Waals surface area contributed by atoms with E-state index < -0.39 is 6.10 Å². The second-order valence-corrected chi connectivity index (χ2v) is 10.3.